The normalized spacial score (nSPS) is 10.4. The lowest BCUT2D eigenvalue weighted by molar-refractivity contribution is -0.0500. The average Bonchev–Trinajstić information content (AvgIpc) is 2.67. The first-order chi connectivity index (χ1) is 12.7. The van der Waals surface area contributed by atoms with E-state index in [9.17, 15) is 14.0 Å². The molecule has 0 aliphatic carbocycles. The molecule has 0 fully saturated rings. The lowest BCUT2D eigenvalue weighted by Gasteiger charge is -2.13. The average molecular weight is 351 g/mol. The second-order valence-electron chi connectivity index (χ2n) is 5.47. The Morgan fingerprint density at radius 3 is 2.35 bits per heavy atom. The van der Waals surface area contributed by atoms with Crippen LogP contribution < -0.4 is 9.47 Å². The van der Waals surface area contributed by atoms with Gasteiger partial charge in [-0.05, 0) is 29.3 Å². The molecule has 0 aliphatic rings. The molecule has 3 nitrogen and oxygen atoms in total. The van der Waals surface area contributed by atoms with E-state index in [0.29, 0.717) is 17.9 Å². The number of halogens is 2. The van der Waals surface area contributed by atoms with Gasteiger partial charge < -0.3 is 9.47 Å². The molecule has 130 valence electrons. The van der Waals surface area contributed by atoms with Gasteiger partial charge in [-0.25, -0.2) is 0 Å². The van der Waals surface area contributed by atoms with Crippen LogP contribution in [0, 0.1) is 11.3 Å². The monoisotopic (exact) mass is 351 g/mol. The van der Waals surface area contributed by atoms with Gasteiger partial charge in [-0.3, -0.25) is 0 Å². The first kappa shape index (κ1) is 17.4. The summed E-state index contributed by atoms with van der Waals surface area (Å²) < 4.78 is 35.2. The summed E-state index contributed by atoms with van der Waals surface area (Å²) in [5.41, 5.74) is 2.52. The van der Waals surface area contributed by atoms with Crippen LogP contribution in [0.2, 0.25) is 0 Å². The van der Waals surface area contributed by atoms with Gasteiger partial charge in [-0.2, -0.15) is 14.0 Å². The van der Waals surface area contributed by atoms with Crippen LogP contribution in [0.25, 0.3) is 11.1 Å². The van der Waals surface area contributed by atoms with Crippen LogP contribution in [0.15, 0.2) is 72.8 Å². The highest BCUT2D eigenvalue weighted by atomic mass is 19.3. The van der Waals surface area contributed by atoms with Crippen molar-refractivity contribution in [3.8, 4) is 28.7 Å². The van der Waals surface area contributed by atoms with Crippen LogP contribution in [0.5, 0.6) is 11.5 Å². The Morgan fingerprint density at radius 1 is 0.885 bits per heavy atom. The molecule has 3 aromatic rings. The zero-order valence-electron chi connectivity index (χ0n) is 13.7. The van der Waals surface area contributed by atoms with Gasteiger partial charge in [-0.15, -0.1) is 0 Å². The fourth-order valence-electron chi connectivity index (χ4n) is 2.55. The van der Waals surface area contributed by atoms with Crippen molar-refractivity contribution in [2.45, 2.75) is 13.2 Å². The molecule has 0 N–H and O–H groups in total. The number of ether oxygens (including phenoxy) is 2. The van der Waals surface area contributed by atoms with Crippen molar-refractivity contribution in [2.75, 3.05) is 0 Å². The zero-order chi connectivity index (χ0) is 18.4. The van der Waals surface area contributed by atoms with Crippen LogP contribution in [-0.4, -0.2) is 6.61 Å². The molecule has 0 amide bonds. The van der Waals surface area contributed by atoms with Crippen LogP contribution in [0.1, 0.15) is 11.1 Å². The van der Waals surface area contributed by atoms with Gasteiger partial charge in [0.15, 0.2) is 0 Å². The van der Waals surface area contributed by atoms with E-state index in [1.165, 1.54) is 12.1 Å². The van der Waals surface area contributed by atoms with Gasteiger partial charge in [0.05, 0.1) is 5.56 Å². The van der Waals surface area contributed by atoms with E-state index in [4.69, 9.17) is 4.74 Å². The van der Waals surface area contributed by atoms with Crippen molar-refractivity contribution in [3.05, 3.63) is 83.9 Å². The Bertz CT molecular complexity index is 921. The molecular weight excluding hydrogens is 336 g/mol. The minimum absolute atomic E-state index is 0.0423. The maximum Gasteiger partial charge on any atom is 0.387 e. The summed E-state index contributed by atoms with van der Waals surface area (Å²) in [5, 5.41) is 9.22. The van der Waals surface area contributed by atoms with E-state index in [-0.39, 0.29) is 11.3 Å². The fraction of sp³-hybridized carbons (Fsp3) is 0.0952. The van der Waals surface area contributed by atoms with Gasteiger partial charge in [-0.1, -0.05) is 54.6 Å². The number of benzene rings is 3. The summed E-state index contributed by atoms with van der Waals surface area (Å²) in [6.45, 7) is -2.58. The second-order valence-corrected chi connectivity index (χ2v) is 5.47. The first-order valence-corrected chi connectivity index (χ1v) is 7.92. The smallest absolute Gasteiger partial charge is 0.387 e. The van der Waals surface area contributed by atoms with E-state index >= 15 is 0 Å². The fourth-order valence-corrected chi connectivity index (χ4v) is 2.55. The van der Waals surface area contributed by atoms with E-state index in [1.54, 1.807) is 6.07 Å². The van der Waals surface area contributed by atoms with Gasteiger partial charge in [0.25, 0.3) is 0 Å². The van der Waals surface area contributed by atoms with Crippen LogP contribution in [0.3, 0.4) is 0 Å². The Balaban J connectivity index is 1.89. The van der Waals surface area contributed by atoms with Crippen molar-refractivity contribution in [1.82, 2.24) is 0 Å². The number of nitrogens with zero attached hydrogens (tertiary/aromatic N) is 1. The molecular formula is C21H15F2NO2. The highest BCUT2D eigenvalue weighted by Gasteiger charge is 2.13. The van der Waals surface area contributed by atoms with Gasteiger partial charge in [0, 0.05) is 5.56 Å². The molecule has 5 heteroatoms. The number of para-hydroxylation sites is 1. The van der Waals surface area contributed by atoms with Crippen molar-refractivity contribution < 1.29 is 18.3 Å². The Labute approximate surface area is 150 Å². The van der Waals surface area contributed by atoms with Gasteiger partial charge >= 0.3 is 6.61 Å². The Kier molecular flexibility index (Phi) is 5.45. The van der Waals surface area contributed by atoms with E-state index < -0.39 is 6.61 Å². The molecule has 26 heavy (non-hydrogen) atoms. The van der Waals surface area contributed by atoms with Crippen molar-refractivity contribution >= 4 is 0 Å². The van der Waals surface area contributed by atoms with Crippen LogP contribution in [-0.2, 0) is 6.61 Å². The quantitative estimate of drug-likeness (QED) is 0.597. The topological polar surface area (TPSA) is 42.2 Å². The van der Waals surface area contributed by atoms with E-state index in [1.807, 2.05) is 60.7 Å². The highest BCUT2D eigenvalue weighted by molar-refractivity contribution is 5.72. The largest absolute Gasteiger partial charge is 0.488 e. The highest BCUT2D eigenvalue weighted by Crippen LogP contribution is 2.33. The summed E-state index contributed by atoms with van der Waals surface area (Å²) in [7, 11) is 0. The van der Waals surface area contributed by atoms with Crippen LogP contribution >= 0.6 is 0 Å². The van der Waals surface area contributed by atoms with Gasteiger partial charge in [0.1, 0.15) is 24.2 Å². The first-order valence-electron chi connectivity index (χ1n) is 7.92. The summed E-state index contributed by atoms with van der Waals surface area (Å²) >= 11 is 0. The number of alkyl halides is 2. The van der Waals surface area contributed by atoms with Crippen molar-refractivity contribution in [3.63, 3.8) is 0 Å². The molecule has 0 heterocycles. The second kappa shape index (κ2) is 8.13. The SMILES string of the molecule is N#Cc1cc(-c2ccccc2OCc2ccccc2)ccc1OC(F)F. The molecule has 0 saturated carbocycles. The molecule has 0 aliphatic heterocycles. The lowest BCUT2D eigenvalue weighted by atomic mass is 10.0. The molecule has 0 aromatic heterocycles. The third kappa shape index (κ3) is 4.17. The summed E-state index contributed by atoms with van der Waals surface area (Å²) in [6.07, 6.45) is 0. The summed E-state index contributed by atoms with van der Waals surface area (Å²) in [6, 6.07) is 23.5. The maximum absolute atomic E-state index is 12.4. The van der Waals surface area contributed by atoms with E-state index in [0.717, 1.165) is 11.1 Å². The number of nitriles is 1. The molecule has 3 aromatic carbocycles. The molecule has 3 rings (SSSR count). The number of hydrogen-bond donors (Lipinski definition) is 0. The third-order valence-corrected chi connectivity index (χ3v) is 3.75. The molecule has 0 unspecified atom stereocenters. The van der Waals surface area contributed by atoms with Gasteiger partial charge in [0.2, 0.25) is 0 Å². The predicted molar refractivity (Wildman–Crippen MR) is 94.0 cm³/mol. The predicted octanol–water partition coefficient (Wildman–Crippen LogP) is 5.41. The molecule has 0 spiro atoms. The zero-order valence-corrected chi connectivity index (χ0v) is 13.7. The van der Waals surface area contributed by atoms with Crippen molar-refractivity contribution in [2.24, 2.45) is 0 Å². The third-order valence-electron chi connectivity index (χ3n) is 3.75. The van der Waals surface area contributed by atoms with Crippen LogP contribution in [0.4, 0.5) is 8.78 Å². The standard InChI is InChI=1S/C21H15F2NO2/c22-21(23)26-19-11-10-16(12-17(19)13-24)18-8-4-5-9-20(18)25-14-15-6-2-1-3-7-15/h1-12,21H,14H2. The Hall–Kier alpha value is -3.39. The van der Waals surface area contributed by atoms with E-state index in [2.05, 4.69) is 4.74 Å². The molecule has 0 bridgehead atoms. The summed E-state index contributed by atoms with van der Waals surface area (Å²) in [5.74, 6) is 0.497. The lowest BCUT2D eigenvalue weighted by Crippen LogP contribution is -2.03. The minimum atomic E-state index is -2.98. The Morgan fingerprint density at radius 2 is 1.62 bits per heavy atom. The molecule has 0 saturated heterocycles. The number of rotatable bonds is 6. The number of hydrogen-bond acceptors (Lipinski definition) is 3. The summed E-state index contributed by atoms with van der Waals surface area (Å²) in [4.78, 5) is 0. The van der Waals surface area contributed by atoms with Crippen molar-refractivity contribution in [1.29, 1.82) is 5.26 Å². The maximum atomic E-state index is 12.4. The minimum Gasteiger partial charge on any atom is -0.488 e. The molecule has 0 atom stereocenters. The molecule has 0 radical (unpaired) electrons.